The van der Waals surface area contributed by atoms with E-state index in [0.29, 0.717) is 12.1 Å². The summed E-state index contributed by atoms with van der Waals surface area (Å²) < 4.78 is 18.3. The molecule has 0 amide bonds. The van der Waals surface area contributed by atoms with Gasteiger partial charge in [-0.15, -0.1) is 0 Å². The van der Waals surface area contributed by atoms with E-state index in [1.807, 2.05) is 0 Å². The molecule has 0 aliphatic carbocycles. The molecule has 0 radical (unpaired) electrons. The molecule has 0 bridgehead atoms. The topological polar surface area (TPSA) is 58.9 Å². The van der Waals surface area contributed by atoms with Gasteiger partial charge in [0.2, 0.25) is 0 Å². The zero-order valence-corrected chi connectivity index (χ0v) is 8.39. The van der Waals surface area contributed by atoms with Gasteiger partial charge in [0.05, 0.1) is 6.54 Å². The number of benzene rings is 1. The number of carbonyl (C=O) groups is 1. The van der Waals surface area contributed by atoms with E-state index in [9.17, 15) is 9.18 Å². The van der Waals surface area contributed by atoms with Crippen molar-refractivity contribution in [1.29, 1.82) is 0 Å². The lowest BCUT2D eigenvalue weighted by atomic mass is 10.1. The highest BCUT2D eigenvalue weighted by Crippen LogP contribution is 2.24. The molecular formula is C11H10FNO3. The van der Waals surface area contributed by atoms with Crippen LogP contribution in [0.5, 0.6) is 0 Å². The number of ether oxygens (including phenoxy) is 1. The van der Waals surface area contributed by atoms with Crippen molar-refractivity contribution in [2.24, 2.45) is 4.99 Å². The van der Waals surface area contributed by atoms with Gasteiger partial charge in [-0.1, -0.05) is 12.1 Å². The number of carboxylic acids is 1. The Morgan fingerprint density at radius 1 is 1.62 bits per heavy atom. The minimum Gasteiger partial charge on any atom is -0.481 e. The van der Waals surface area contributed by atoms with Gasteiger partial charge >= 0.3 is 5.97 Å². The largest absolute Gasteiger partial charge is 0.481 e. The molecule has 84 valence electrons. The average molecular weight is 223 g/mol. The molecule has 0 spiro atoms. The molecule has 2 rings (SSSR count). The zero-order chi connectivity index (χ0) is 11.5. The highest BCUT2D eigenvalue weighted by atomic mass is 19.1. The van der Waals surface area contributed by atoms with Gasteiger partial charge in [0.1, 0.15) is 18.3 Å². The molecular weight excluding hydrogens is 213 g/mol. The zero-order valence-electron chi connectivity index (χ0n) is 8.39. The summed E-state index contributed by atoms with van der Waals surface area (Å²) in [4.78, 5) is 14.4. The second-order valence-electron chi connectivity index (χ2n) is 3.47. The van der Waals surface area contributed by atoms with Crippen molar-refractivity contribution >= 4 is 11.9 Å². The predicted octanol–water partition coefficient (Wildman–Crippen LogP) is 1.77. The van der Waals surface area contributed by atoms with Crippen molar-refractivity contribution < 1.29 is 19.0 Å². The summed E-state index contributed by atoms with van der Waals surface area (Å²) >= 11 is 0. The lowest BCUT2D eigenvalue weighted by Gasteiger charge is -2.10. The minimum absolute atomic E-state index is 0.196. The van der Waals surface area contributed by atoms with Gasteiger partial charge < -0.3 is 9.84 Å². The summed E-state index contributed by atoms with van der Waals surface area (Å²) in [5, 5.41) is 8.55. The van der Waals surface area contributed by atoms with Crippen LogP contribution < -0.4 is 0 Å². The van der Waals surface area contributed by atoms with Crippen molar-refractivity contribution in [3.63, 3.8) is 0 Å². The molecule has 16 heavy (non-hydrogen) atoms. The summed E-state index contributed by atoms with van der Waals surface area (Å²) in [6, 6.07) is 6.03. The van der Waals surface area contributed by atoms with Crippen LogP contribution in [-0.4, -0.2) is 23.5 Å². The number of hydrogen-bond acceptors (Lipinski definition) is 3. The van der Waals surface area contributed by atoms with Crippen LogP contribution >= 0.6 is 0 Å². The van der Waals surface area contributed by atoms with Crippen molar-refractivity contribution in [2.75, 3.05) is 6.54 Å². The SMILES string of the molecule is O=C(O)CC1=NCC(c2cccc(F)c2)O1. The van der Waals surface area contributed by atoms with Crippen LogP contribution in [-0.2, 0) is 9.53 Å². The van der Waals surface area contributed by atoms with E-state index in [4.69, 9.17) is 9.84 Å². The Morgan fingerprint density at radius 2 is 2.44 bits per heavy atom. The monoisotopic (exact) mass is 223 g/mol. The van der Waals surface area contributed by atoms with Gasteiger partial charge in [0.25, 0.3) is 0 Å². The molecule has 0 saturated carbocycles. The van der Waals surface area contributed by atoms with Crippen LogP contribution in [0.3, 0.4) is 0 Å². The molecule has 1 atom stereocenters. The first kappa shape index (κ1) is 10.6. The van der Waals surface area contributed by atoms with Crippen LogP contribution in [0.15, 0.2) is 29.3 Å². The summed E-state index contributed by atoms with van der Waals surface area (Å²) in [6.45, 7) is 0.339. The van der Waals surface area contributed by atoms with E-state index in [-0.39, 0.29) is 24.2 Å². The minimum atomic E-state index is -0.987. The third kappa shape index (κ3) is 2.36. The normalized spacial score (nSPS) is 19.1. The number of carboxylic acid groups (broad SMARTS) is 1. The van der Waals surface area contributed by atoms with E-state index in [1.54, 1.807) is 12.1 Å². The lowest BCUT2D eigenvalue weighted by Crippen LogP contribution is -2.09. The van der Waals surface area contributed by atoms with Crippen LogP contribution in [0.2, 0.25) is 0 Å². The highest BCUT2D eigenvalue weighted by molar-refractivity contribution is 5.94. The Balaban J connectivity index is 2.03. The number of nitrogens with zero attached hydrogens (tertiary/aromatic N) is 1. The standard InChI is InChI=1S/C11H10FNO3/c12-8-3-1-2-7(4-8)9-6-13-10(16-9)5-11(14)15/h1-4,9H,5-6H2,(H,14,15). The van der Waals surface area contributed by atoms with Crippen LogP contribution in [0.25, 0.3) is 0 Å². The summed E-state index contributed by atoms with van der Waals surface area (Å²) in [5.74, 6) is -1.13. The lowest BCUT2D eigenvalue weighted by molar-refractivity contribution is -0.135. The number of aliphatic imine (C=N–C) groups is 1. The van der Waals surface area contributed by atoms with Gasteiger partial charge in [-0.05, 0) is 17.7 Å². The van der Waals surface area contributed by atoms with Crippen molar-refractivity contribution in [1.82, 2.24) is 0 Å². The Morgan fingerprint density at radius 3 is 3.12 bits per heavy atom. The van der Waals surface area contributed by atoms with E-state index in [2.05, 4.69) is 4.99 Å². The van der Waals surface area contributed by atoms with E-state index < -0.39 is 5.97 Å². The number of rotatable bonds is 3. The Bertz CT molecular complexity index is 445. The second kappa shape index (κ2) is 4.30. The van der Waals surface area contributed by atoms with E-state index >= 15 is 0 Å². The summed E-state index contributed by atoms with van der Waals surface area (Å²) in [6.07, 6.45) is -0.601. The smallest absolute Gasteiger partial charge is 0.312 e. The van der Waals surface area contributed by atoms with Crippen molar-refractivity contribution in [3.8, 4) is 0 Å². The van der Waals surface area contributed by atoms with Crippen molar-refractivity contribution in [3.05, 3.63) is 35.6 Å². The molecule has 5 heteroatoms. The number of aliphatic carboxylic acids is 1. The quantitative estimate of drug-likeness (QED) is 0.849. The molecule has 0 saturated heterocycles. The fraction of sp³-hybridized carbons (Fsp3) is 0.273. The number of hydrogen-bond donors (Lipinski definition) is 1. The van der Waals surface area contributed by atoms with Gasteiger partial charge in [-0.25, -0.2) is 4.39 Å². The first-order valence-corrected chi connectivity index (χ1v) is 4.82. The summed E-state index contributed by atoms with van der Waals surface area (Å²) in [7, 11) is 0. The van der Waals surface area contributed by atoms with Crippen molar-refractivity contribution in [2.45, 2.75) is 12.5 Å². The first-order valence-electron chi connectivity index (χ1n) is 4.82. The van der Waals surface area contributed by atoms with E-state index in [1.165, 1.54) is 12.1 Å². The fourth-order valence-electron chi connectivity index (χ4n) is 1.53. The van der Waals surface area contributed by atoms with Crippen LogP contribution in [0.1, 0.15) is 18.1 Å². The Hall–Kier alpha value is -1.91. The molecule has 1 aromatic carbocycles. The van der Waals surface area contributed by atoms with Gasteiger partial charge in [0, 0.05) is 0 Å². The molecule has 0 aromatic heterocycles. The maximum absolute atomic E-state index is 12.9. The molecule has 1 heterocycles. The third-order valence-corrected chi connectivity index (χ3v) is 2.23. The first-order chi connectivity index (χ1) is 7.65. The predicted molar refractivity (Wildman–Crippen MR) is 54.8 cm³/mol. The molecule has 1 aromatic rings. The molecule has 1 aliphatic rings. The maximum atomic E-state index is 12.9. The van der Waals surface area contributed by atoms with Gasteiger partial charge in [0.15, 0.2) is 5.90 Å². The maximum Gasteiger partial charge on any atom is 0.312 e. The Labute approximate surface area is 91.4 Å². The van der Waals surface area contributed by atoms with Gasteiger partial charge in [-0.2, -0.15) is 0 Å². The fourth-order valence-corrected chi connectivity index (χ4v) is 1.53. The highest BCUT2D eigenvalue weighted by Gasteiger charge is 2.23. The van der Waals surface area contributed by atoms with E-state index in [0.717, 1.165) is 0 Å². The molecule has 1 N–H and O–H groups in total. The molecule has 1 unspecified atom stereocenters. The van der Waals surface area contributed by atoms with Gasteiger partial charge in [-0.3, -0.25) is 9.79 Å². The molecule has 1 aliphatic heterocycles. The molecule has 0 fully saturated rings. The van der Waals surface area contributed by atoms with Crippen LogP contribution in [0, 0.1) is 5.82 Å². The number of halogens is 1. The van der Waals surface area contributed by atoms with Crippen LogP contribution in [0.4, 0.5) is 4.39 Å². The molecule has 4 nitrogen and oxygen atoms in total. The average Bonchev–Trinajstić information content (AvgIpc) is 2.65. The summed E-state index contributed by atoms with van der Waals surface area (Å²) in [5.41, 5.74) is 0.670. The Kier molecular flexibility index (Phi) is 2.85. The second-order valence-corrected chi connectivity index (χ2v) is 3.47. The third-order valence-electron chi connectivity index (χ3n) is 2.23.